The van der Waals surface area contributed by atoms with E-state index in [9.17, 15) is 9.90 Å². The number of benzene rings is 1. The second-order valence-corrected chi connectivity index (χ2v) is 12.4. The average molecular weight is 407 g/mol. The molecule has 1 aromatic carbocycles. The highest BCUT2D eigenvalue weighted by Crippen LogP contribution is 2.68. The zero-order valence-electron chi connectivity index (χ0n) is 19.6. The maximum Gasteiger partial charge on any atom is 0.142 e. The van der Waals surface area contributed by atoms with Crippen molar-refractivity contribution in [2.45, 2.75) is 79.8 Å². The van der Waals surface area contributed by atoms with Gasteiger partial charge in [-0.15, -0.1) is 0 Å². The Bertz CT molecular complexity index is 920. The fourth-order valence-corrected chi connectivity index (χ4v) is 8.04. The zero-order chi connectivity index (χ0) is 21.7. The summed E-state index contributed by atoms with van der Waals surface area (Å²) in [6.07, 6.45) is 7.33. The van der Waals surface area contributed by atoms with Crippen LogP contribution in [-0.2, 0) is 11.2 Å². The summed E-state index contributed by atoms with van der Waals surface area (Å²) in [5.41, 5.74) is 3.81. The molecule has 5 rings (SSSR count). The first kappa shape index (κ1) is 20.5. The number of rotatable bonds is 3. The molecule has 0 radical (unpaired) electrons. The lowest BCUT2D eigenvalue weighted by Gasteiger charge is -2.36. The normalized spacial score (nSPS) is 44.4. The van der Waals surface area contributed by atoms with E-state index < -0.39 is 0 Å². The molecule has 162 valence electrons. The zero-order valence-corrected chi connectivity index (χ0v) is 19.6. The van der Waals surface area contributed by atoms with Crippen molar-refractivity contribution in [3.63, 3.8) is 0 Å². The molecule has 0 amide bonds. The van der Waals surface area contributed by atoms with Crippen LogP contribution in [0.5, 0.6) is 0 Å². The number of Topliss-reactive ketones (excluding diaryl/α,β-unsaturated/α-hetero) is 1. The number of hydrogen-bond acceptors (Lipinski definition) is 2. The molecule has 6 unspecified atom stereocenters. The lowest BCUT2D eigenvalue weighted by Crippen LogP contribution is -2.35. The minimum Gasteiger partial charge on any atom is -0.388 e. The molecule has 0 saturated heterocycles. The van der Waals surface area contributed by atoms with Gasteiger partial charge in [0.15, 0.2) is 0 Å². The van der Waals surface area contributed by atoms with Crippen LogP contribution in [0.3, 0.4) is 0 Å². The second kappa shape index (κ2) is 6.09. The predicted molar refractivity (Wildman–Crippen MR) is 122 cm³/mol. The van der Waals surface area contributed by atoms with Gasteiger partial charge in [0.2, 0.25) is 0 Å². The van der Waals surface area contributed by atoms with Crippen LogP contribution < -0.4 is 0 Å². The van der Waals surface area contributed by atoms with E-state index in [0.717, 1.165) is 19.3 Å². The summed E-state index contributed by atoms with van der Waals surface area (Å²) >= 11 is 0. The highest BCUT2D eigenvalue weighted by molar-refractivity contribution is 5.91. The Morgan fingerprint density at radius 1 is 0.967 bits per heavy atom. The van der Waals surface area contributed by atoms with Gasteiger partial charge >= 0.3 is 0 Å². The van der Waals surface area contributed by atoms with Crippen molar-refractivity contribution in [3.05, 3.63) is 41.0 Å². The van der Waals surface area contributed by atoms with E-state index in [1.54, 1.807) is 0 Å². The van der Waals surface area contributed by atoms with Crippen molar-refractivity contribution in [2.24, 2.45) is 39.4 Å². The summed E-state index contributed by atoms with van der Waals surface area (Å²) in [5, 5.41) is 11.0. The third-order valence-corrected chi connectivity index (χ3v) is 11.1. The monoisotopic (exact) mass is 406 g/mol. The van der Waals surface area contributed by atoms with Gasteiger partial charge in [-0.2, -0.15) is 0 Å². The van der Waals surface area contributed by atoms with E-state index in [-0.39, 0.29) is 33.7 Å². The van der Waals surface area contributed by atoms with Crippen LogP contribution in [0.1, 0.15) is 78.4 Å². The molecule has 0 aromatic heterocycles. The highest BCUT2D eigenvalue weighted by Gasteiger charge is 2.66. The lowest BCUT2D eigenvalue weighted by atomic mass is 9.70. The second-order valence-electron chi connectivity index (χ2n) is 12.4. The van der Waals surface area contributed by atoms with Crippen molar-refractivity contribution in [1.82, 2.24) is 0 Å². The molecular weight excluding hydrogens is 368 g/mol. The quantitative estimate of drug-likeness (QED) is 0.661. The molecule has 0 heterocycles. The Morgan fingerprint density at radius 2 is 1.63 bits per heavy atom. The maximum atomic E-state index is 13.2. The van der Waals surface area contributed by atoms with Gasteiger partial charge in [0.05, 0.1) is 6.10 Å². The van der Waals surface area contributed by atoms with Gasteiger partial charge in [0.1, 0.15) is 5.78 Å². The largest absolute Gasteiger partial charge is 0.388 e. The van der Waals surface area contributed by atoms with Crippen LogP contribution >= 0.6 is 0 Å². The summed E-state index contributed by atoms with van der Waals surface area (Å²) in [4.78, 5) is 13.2. The molecular formula is C28H38O2. The van der Waals surface area contributed by atoms with Gasteiger partial charge in [-0.05, 0) is 71.5 Å². The van der Waals surface area contributed by atoms with Gasteiger partial charge in [-0.25, -0.2) is 0 Å². The molecule has 4 bridgehead atoms. The van der Waals surface area contributed by atoms with Crippen LogP contribution in [0.25, 0.3) is 6.08 Å². The number of ketones is 1. The molecule has 30 heavy (non-hydrogen) atoms. The van der Waals surface area contributed by atoms with E-state index in [4.69, 9.17) is 0 Å². The van der Waals surface area contributed by atoms with E-state index in [0.29, 0.717) is 17.6 Å². The fourth-order valence-electron chi connectivity index (χ4n) is 8.04. The van der Waals surface area contributed by atoms with Gasteiger partial charge in [0, 0.05) is 16.7 Å². The standard InChI is InChI=1S/C28H38O2/c1-25(2)21-11-13-27(25,5)23(29)19(21)15-17-7-9-18(10-8-17)16-20-22-12-14-28(6,24(20)30)26(22,3)4/h7-10,15,20-23,29H,11-14,16H2,1-6H3. The molecule has 0 aliphatic heterocycles. The third-order valence-electron chi connectivity index (χ3n) is 11.1. The van der Waals surface area contributed by atoms with Crippen molar-refractivity contribution in [2.75, 3.05) is 0 Å². The van der Waals surface area contributed by atoms with Crippen molar-refractivity contribution in [1.29, 1.82) is 0 Å². The van der Waals surface area contributed by atoms with Crippen LogP contribution in [0.4, 0.5) is 0 Å². The van der Waals surface area contributed by atoms with Crippen LogP contribution in [0.15, 0.2) is 29.8 Å². The van der Waals surface area contributed by atoms with Crippen molar-refractivity contribution in [3.8, 4) is 0 Å². The number of fused-ring (bicyclic) bond motifs is 4. The molecule has 4 aliphatic carbocycles. The number of aliphatic hydroxyl groups is 1. The first-order valence-corrected chi connectivity index (χ1v) is 12.0. The molecule has 0 spiro atoms. The average Bonchev–Trinajstić information content (AvgIpc) is 3.17. The van der Waals surface area contributed by atoms with E-state index in [1.807, 2.05) is 0 Å². The van der Waals surface area contributed by atoms with Crippen molar-refractivity contribution < 1.29 is 9.90 Å². The van der Waals surface area contributed by atoms with Crippen LogP contribution in [0, 0.1) is 39.4 Å². The minimum atomic E-state index is -0.333. The van der Waals surface area contributed by atoms with Gasteiger partial charge in [-0.1, -0.05) is 71.9 Å². The minimum absolute atomic E-state index is 0.00545. The summed E-state index contributed by atoms with van der Waals surface area (Å²) in [7, 11) is 0. The van der Waals surface area contributed by atoms with E-state index >= 15 is 0 Å². The Hall–Kier alpha value is -1.41. The summed E-state index contributed by atoms with van der Waals surface area (Å²) in [5.74, 6) is 1.67. The molecule has 4 aliphatic rings. The van der Waals surface area contributed by atoms with Crippen molar-refractivity contribution >= 4 is 11.9 Å². The Morgan fingerprint density at radius 3 is 2.17 bits per heavy atom. The summed E-state index contributed by atoms with van der Waals surface area (Å²) < 4.78 is 0. The number of aliphatic hydroxyl groups excluding tert-OH is 1. The SMILES string of the molecule is CC12CCC(C(Cc3ccc(C=C4C5CCC(C)(C4O)C5(C)C)cc3)C1=O)C2(C)C. The van der Waals surface area contributed by atoms with Gasteiger partial charge in [0.25, 0.3) is 0 Å². The third kappa shape index (κ3) is 2.32. The highest BCUT2D eigenvalue weighted by atomic mass is 16.3. The predicted octanol–water partition coefficient (Wildman–Crippen LogP) is 6.07. The van der Waals surface area contributed by atoms with Gasteiger partial charge < -0.3 is 5.11 Å². The molecule has 4 saturated carbocycles. The van der Waals surface area contributed by atoms with Gasteiger partial charge in [-0.3, -0.25) is 4.79 Å². The number of carbonyl (C=O) groups is 1. The van der Waals surface area contributed by atoms with Crippen LogP contribution in [0.2, 0.25) is 0 Å². The lowest BCUT2D eigenvalue weighted by molar-refractivity contribution is -0.131. The first-order valence-electron chi connectivity index (χ1n) is 12.0. The van der Waals surface area contributed by atoms with E-state index in [2.05, 4.69) is 71.9 Å². The number of hydrogen-bond donors (Lipinski definition) is 1. The maximum absolute atomic E-state index is 13.2. The molecule has 2 nitrogen and oxygen atoms in total. The molecule has 4 fully saturated rings. The molecule has 2 heteroatoms. The Labute approximate surface area is 182 Å². The molecule has 6 atom stereocenters. The Balaban J connectivity index is 1.36. The molecule has 1 aromatic rings. The fraction of sp³-hybridized carbons (Fsp3) is 0.679. The van der Waals surface area contributed by atoms with E-state index in [1.165, 1.54) is 29.5 Å². The smallest absolute Gasteiger partial charge is 0.142 e. The summed E-state index contributed by atoms with van der Waals surface area (Å²) in [6, 6.07) is 8.77. The molecule has 1 N–H and O–H groups in total. The number of carbonyl (C=O) groups excluding carboxylic acids is 1. The Kier molecular flexibility index (Phi) is 4.16. The topological polar surface area (TPSA) is 37.3 Å². The van der Waals surface area contributed by atoms with Crippen LogP contribution in [-0.4, -0.2) is 17.0 Å². The summed E-state index contributed by atoms with van der Waals surface area (Å²) in [6.45, 7) is 13.7. The first-order chi connectivity index (χ1) is 13.9.